The molecule has 0 saturated carbocycles. The molecule has 1 aliphatic heterocycles. The molecule has 1 aromatic carbocycles. The number of rotatable bonds is 9. The fourth-order valence-corrected chi connectivity index (χ4v) is 3.32. The molecule has 0 saturated heterocycles. The van der Waals surface area contributed by atoms with E-state index in [-0.39, 0.29) is 54.5 Å². The number of halogens is 3. The molecule has 0 fully saturated rings. The van der Waals surface area contributed by atoms with Crippen molar-refractivity contribution in [2.75, 3.05) is 19.8 Å². The highest BCUT2D eigenvalue weighted by atomic mass is 19.4. The van der Waals surface area contributed by atoms with E-state index in [0.29, 0.717) is 0 Å². The van der Waals surface area contributed by atoms with Crippen LogP contribution in [0.25, 0.3) is 0 Å². The van der Waals surface area contributed by atoms with Crippen LogP contribution in [0.4, 0.5) is 13.2 Å². The minimum absolute atomic E-state index is 0.0427. The van der Waals surface area contributed by atoms with Crippen LogP contribution >= 0.6 is 0 Å². The summed E-state index contributed by atoms with van der Waals surface area (Å²) < 4.78 is 51.4. The van der Waals surface area contributed by atoms with Crippen molar-refractivity contribution in [2.24, 2.45) is 5.73 Å². The first kappa shape index (κ1) is 25.5. The summed E-state index contributed by atoms with van der Waals surface area (Å²) in [4.78, 5) is 39.9. The Morgan fingerprint density at radius 3 is 2.39 bits per heavy atom. The van der Waals surface area contributed by atoms with E-state index >= 15 is 0 Å². The van der Waals surface area contributed by atoms with E-state index in [0.717, 1.165) is 12.1 Å². The zero-order valence-electron chi connectivity index (χ0n) is 17.7. The molecule has 0 radical (unpaired) electrons. The molecule has 33 heavy (non-hydrogen) atoms. The van der Waals surface area contributed by atoms with Gasteiger partial charge in [0.05, 0.1) is 42.4 Å². The minimum atomic E-state index is -4.79. The van der Waals surface area contributed by atoms with E-state index in [1.165, 1.54) is 26.0 Å². The van der Waals surface area contributed by atoms with Crippen molar-refractivity contribution >= 4 is 11.9 Å². The second-order valence-corrected chi connectivity index (χ2v) is 6.78. The highest BCUT2D eigenvalue weighted by Gasteiger charge is 2.43. The van der Waals surface area contributed by atoms with E-state index < -0.39 is 34.7 Å². The summed E-state index contributed by atoms with van der Waals surface area (Å²) in [5.74, 6) is -3.83. The average molecular weight is 473 g/mol. The summed E-state index contributed by atoms with van der Waals surface area (Å²) in [7, 11) is 0. The molecule has 2 rings (SSSR count). The fourth-order valence-electron chi connectivity index (χ4n) is 3.32. The van der Waals surface area contributed by atoms with Gasteiger partial charge < -0.3 is 25.4 Å². The van der Waals surface area contributed by atoms with Crippen LogP contribution in [0.15, 0.2) is 46.9 Å². The molecule has 180 valence electrons. The van der Waals surface area contributed by atoms with Gasteiger partial charge in [-0.15, -0.1) is 10.1 Å². The van der Waals surface area contributed by atoms with Gasteiger partial charge in [0, 0.05) is 12.1 Å². The summed E-state index contributed by atoms with van der Waals surface area (Å²) in [6.07, 6.45) is -4.84. The Balaban J connectivity index is 2.52. The monoisotopic (exact) mass is 473 g/mol. The number of carbonyl (C=O) groups excluding carboxylic acids is 2. The van der Waals surface area contributed by atoms with E-state index in [2.05, 4.69) is 10.2 Å². The predicted molar refractivity (Wildman–Crippen MR) is 106 cm³/mol. The highest BCUT2D eigenvalue weighted by Crippen LogP contribution is 2.43. The first-order valence-electron chi connectivity index (χ1n) is 9.74. The third-order valence-electron chi connectivity index (χ3n) is 4.60. The first-order chi connectivity index (χ1) is 15.5. The van der Waals surface area contributed by atoms with E-state index in [1.807, 2.05) is 0 Å². The van der Waals surface area contributed by atoms with Crippen LogP contribution in [-0.4, -0.2) is 36.8 Å². The molecule has 0 bridgehead atoms. The number of nitrogens with one attached hydrogen (secondary N) is 1. The Hall–Kier alpha value is -3.77. The number of ether oxygens (including phenoxy) is 2. The summed E-state index contributed by atoms with van der Waals surface area (Å²) in [5.41, 5.74) is 3.91. The first-order valence-corrected chi connectivity index (χ1v) is 9.74. The summed E-state index contributed by atoms with van der Waals surface area (Å²) in [6.45, 7) is 2.16. The van der Waals surface area contributed by atoms with E-state index in [9.17, 15) is 32.9 Å². The molecule has 13 heteroatoms. The second kappa shape index (κ2) is 10.7. The Bertz CT molecular complexity index is 989. The molecule has 10 nitrogen and oxygen atoms in total. The van der Waals surface area contributed by atoms with Gasteiger partial charge in [-0.1, -0.05) is 18.2 Å². The largest absolute Gasteiger partial charge is 0.463 e. The maximum atomic E-state index is 13.8. The quantitative estimate of drug-likeness (QED) is 0.239. The van der Waals surface area contributed by atoms with Crippen LogP contribution in [0.3, 0.4) is 0 Å². The average Bonchev–Trinajstić information content (AvgIpc) is 2.72. The third-order valence-corrected chi connectivity index (χ3v) is 4.60. The molecule has 1 unspecified atom stereocenters. The van der Waals surface area contributed by atoms with Gasteiger partial charge in [0.1, 0.15) is 5.82 Å². The third kappa shape index (κ3) is 6.14. The number of dihydropyridines is 1. The van der Waals surface area contributed by atoms with Gasteiger partial charge in [0.25, 0.3) is 5.09 Å². The Morgan fingerprint density at radius 1 is 1.15 bits per heavy atom. The van der Waals surface area contributed by atoms with Crippen LogP contribution in [0.2, 0.25) is 0 Å². The van der Waals surface area contributed by atoms with Crippen molar-refractivity contribution in [1.82, 2.24) is 5.32 Å². The van der Waals surface area contributed by atoms with Crippen molar-refractivity contribution < 1.29 is 42.2 Å². The second-order valence-electron chi connectivity index (χ2n) is 6.78. The Morgan fingerprint density at radius 2 is 1.79 bits per heavy atom. The number of hydrogen-bond acceptors (Lipinski definition) is 9. The van der Waals surface area contributed by atoms with Crippen molar-refractivity contribution in [3.63, 3.8) is 0 Å². The Labute approximate surface area is 186 Å². The lowest BCUT2D eigenvalue weighted by molar-refractivity contribution is -0.757. The number of hydrogen-bond donors (Lipinski definition) is 2. The highest BCUT2D eigenvalue weighted by molar-refractivity contribution is 6.00. The maximum absolute atomic E-state index is 13.8. The van der Waals surface area contributed by atoms with Gasteiger partial charge in [-0.05, 0) is 25.5 Å². The molecule has 0 aliphatic carbocycles. The lowest BCUT2D eigenvalue weighted by Crippen LogP contribution is -2.37. The molecular weight excluding hydrogens is 451 g/mol. The maximum Gasteiger partial charge on any atom is 0.416 e. The van der Waals surface area contributed by atoms with Crippen molar-refractivity contribution in [3.05, 3.63) is 68.2 Å². The van der Waals surface area contributed by atoms with Gasteiger partial charge in [-0.25, -0.2) is 9.59 Å². The zero-order chi connectivity index (χ0) is 24.8. The molecule has 1 heterocycles. The van der Waals surface area contributed by atoms with Gasteiger partial charge in [0.15, 0.2) is 0 Å². The van der Waals surface area contributed by atoms with Crippen molar-refractivity contribution in [3.8, 4) is 0 Å². The lowest BCUT2D eigenvalue weighted by Gasteiger charge is -2.31. The van der Waals surface area contributed by atoms with E-state index in [1.54, 1.807) is 0 Å². The number of carbonyl (C=O) groups is 2. The van der Waals surface area contributed by atoms with Gasteiger partial charge in [-0.2, -0.15) is 13.2 Å². The molecule has 0 aromatic heterocycles. The molecule has 0 spiro atoms. The molecule has 0 amide bonds. The fraction of sp³-hybridized carbons (Fsp3) is 0.400. The zero-order valence-corrected chi connectivity index (χ0v) is 17.7. The smallest absolute Gasteiger partial charge is 0.416 e. The van der Waals surface area contributed by atoms with Gasteiger partial charge in [0.2, 0.25) is 0 Å². The summed E-state index contributed by atoms with van der Waals surface area (Å²) in [5, 5.41) is 11.8. The normalized spacial score (nSPS) is 16.2. The standard InChI is InChI=1S/C20H22F3N3O7/c1-3-31-19(28)16-15(12-7-4-5-8-13(12)20(21,22)23)14(11(2)25-17(16)24)18(27)32-9-6-10-33-26(29)30/h4-5,7-8,15,25H,3,6,9-10,24H2,1-2H3. The molecule has 3 N–H and O–H groups in total. The molecular formula is C20H22F3N3O7. The van der Waals surface area contributed by atoms with E-state index in [4.69, 9.17) is 15.2 Å². The number of allylic oxidation sites excluding steroid dienone is 1. The Kier molecular flexibility index (Phi) is 8.26. The number of nitrogens with zero attached hydrogens (tertiary/aromatic N) is 1. The van der Waals surface area contributed by atoms with Crippen LogP contribution in [0.5, 0.6) is 0 Å². The predicted octanol–water partition coefficient (Wildman–Crippen LogP) is 2.54. The van der Waals surface area contributed by atoms with Crippen LogP contribution in [-0.2, 0) is 30.1 Å². The van der Waals surface area contributed by atoms with Crippen LogP contribution < -0.4 is 11.1 Å². The van der Waals surface area contributed by atoms with Crippen LogP contribution in [0, 0.1) is 10.1 Å². The van der Waals surface area contributed by atoms with Crippen molar-refractivity contribution in [1.29, 1.82) is 0 Å². The number of esters is 2. The summed E-state index contributed by atoms with van der Waals surface area (Å²) >= 11 is 0. The van der Waals surface area contributed by atoms with Crippen molar-refractivity contribution in [2.45, 2.75) is 32.4 Å². The SMILES string of the molecule is CCOC(=O)C1=C(N)NC(C)=C(C(=O)OCCCO[N+](=O)[O-])C1c1ccccc1C(F)(F)F. The molecule has 1 aliphatic rings. The molecule has 1 atom stereocenters. The molecule has 1 aromatic rings. The van der Waals surface area contributed by atoms with Gasteiger partial charge in [-0.3, -0.25) is 0 Å². The number of benzene rings is 1. The number of alkyl halides is 3. The summed E-state index contributed by atoms with van der Waals surface area (Å²) in [6, 6.07) is 4.47. The van der Waals surface area contributed by atoms with Gasteiger partial charge >= 0.3 is 18.1 Å². The topological polar surface area (TPSA) is 143 Å². The number of nitrogens with two attached hydrogens (primary N) is 1. The van der Waals surface area contributed by atoms with Crippen LogP contribution in [0.1, 0.15) is 37.3 Å². The minimum Gasteiger partial charge on any atom is -0.463 e. The lowest BCUT2D eigenvalue weighted by atomic mass is 9.79.